The van der Waals surface area contributed by atoms with E-state index in [9.17, 15) is 14.7 Å². The highest BCUT2D eigenvalue weighted by Gasteiger charge is 2.46. The van der Waals surface area contributed by atoms with Gasteiger partial charge in [0.05, 0.1) is 29.9 Å². The Kier molecular flexibility index (Phi) is 7.66. The molecule has 176 valence electrons. The van der Waals surface area contributed by atoms with Crippen LogP contribution in [-0.4, -0.2) is 67.0 Å². The molecule has 0 radical (unpaired) electrons. The molecule has 0 bridgehead atoms. The Labute approximate surface area is 199 Å². The molecule has 2 aromatic carbocycles. The number of Topliss-reactive ketones (excluding diaryl/α,β-unsaturated/α-hetero) is 1. The van der Waals surface area contributed by atoms with E-state index >= 15 is 0 Å². The monoisotopic (exact) mass is 472 g/mol. The lowest BCUT2D eigenvalue weighted by atomic mass is 9.95. The number of rotatable bonds is 8. The van der Waals surface area contributed by atoms with Crippen LogP contribution in [0.5, 0.6) is 11.5 Å². The van der Waals surface area contributed by atoms with Crippen LogP contribution < -0.4 is 9.47 Å². The van der Waals surface area contributed by atoms with Gasteiger partial charge in [-0.3, -0.25) is 9.59 Å². The third-order valence-electron chi connectivity index (χ3n) is 5.30. The zero-order chi connectivity index (χ0) is 24.3. The molecule has 1 N–H and O–H groups in total. The molecule has 8 heteroatoms. The molecule has 3 rings (SSSR count). The van der Waals surface area contributed by atoms with Crippen molar-refractivity contribution in [3.05, 3.63) is 64.2 Å². The number of ketones is 1. The van der Waals surface area contributed by atoms with Crippen molar-refractivity contribution in [1.82, 2.24) is 9.80 Å². The standard InChI is InChI=1S/C25H29ClN2O5/c1-15(2)33-18-8-6-7-16(13-18)22-21(24(30)25(31)28(22)12-11-27(3)4)23(29)19-14-17(32-5)9-10-20(19)26/h6-10,13-15,22,29H,11-12H2,1-5H3/b23-21+. The van der Waals surface area contributed by atoms with E-state index in [1.54, 1.807) is 30.3 Å². The number of halogens is 1. The molecule has 0 saturated carbocycles. The molecule has 1 fully saturated rings. The van der Waals surface area contributed by atoms with Gasteiger partial charge < -0.3 is 24.4 Å². The maximum Gasteiger partial charge on any atom is 0.295 e. The van der Waals surface area contributed by atoms with Crippen molar-refractivity contribution in [2.45, 2.75) is 26.0 Å². The lowest BCUT2D eigenvalue weighted by Gasteiger charge is -2.27. The van der Waals surface area contributed by atoms with Gasteiger partial charge in [-0.15, -0.1) is 0 Å². The van der Waals surface area contributed by atoms with Crippen LogP contribution in [0.15, 0.2) is 48.0 Å². The quantitative estimate of drug-likeness (QED) is 0.353. The molecule has 1 amide bonds. The van der Waals surface area contributed by atoms with E-state index in [0.717, 1.165) is 0 Å². The van der Waals surface area contributed by atoms with Gasteiger partial charge in [0.25, 0.3) is 11.7 Å². The van der Waals surface area contributed by atoms with E-state index < -0.39 is 17.7 Å². The van der Waals surface area contributed by atoms with E-state index in [1.807, 2.05) is 45.0 Å². The summed E-state index contributed by atoms with van der Waals surface area (Å²) in [6, 6.07) is 11.2. The number of methoxy groups -OCH3 is 1. The Hall–Kier alpha value is -3.03. The molecule has 1 heterocycles. The lowest BCUT2D eigenvalue weighted by molar-refractivity contribution is -0.140. The maximum absolute atomic E-state index is 13.2. The summed E-state index contributed by atoms with van der Waals surface area (Å²) in [5, 5.41) is 11.5. The zero-order valence-corrected chi connectivity index (χ0v) is 20.2. The largest absolute Gasteiger partial charge is 0.507 e. The third kappa shape index (κ3) is 5.31. The average molecular weight is 473 g/mol. The number of likely N-dealkylation sites (tertiary alicyclic amines) is 1. The van der Waals surface area contributed by atoms with Gasteiger partial charge in [-0.2, -0.15) is 0 Å². The maximum atomic E-state index is 13.2. The SMILES string of the molecule is COc1ccc(Cl)c(/C(O)=C2\C(=O)C(=O)N(CCN(C)C)C2c2cccc(OC(C)C)c2)c1. The summed E-state index contributed by atoms with van der Waals surface area (Å²) >= 11 is 6.34. The molecule has 1 aliphatic rings. The Morgan fingerprint density at radius 1 is 1.15 bits per heavy atom. The second-order valence-electron chi connectivity index (χ2n) is 8.38. The number of aliphatic hydroxyl groups excluding tert-OH is 1. The average Bonchev–Trinajstić information content (AvgIpc) is 3.02. The van der Waals surface area contributed by atoms with E-state index in [-0.39, 0.29) is 28.0 Å². The lowest BCUT2D eigenvalue weighted by Crippen LogP contribution is -2.35. The number of aliphatic hydroxyl groups is 1. The number of hydrogen-bond donors (Lipinski definition) is 1. The number of benzene rings is 2. The first-order valence-electron chi connectivity index (χ1n) is 10.7. The summed E-state index contributed by atoms with van der Waals surface area (Å²) in [6.07, 6.45) is -0.0454. The number of nitrogens with zero attached hydrogens (tertiary/aromatic N) is 2. The summed E-state index contributed by atoms with van der Waals surface area (Å²) in [6.45, 7) is 4.69. The summed E-state index contributed by atoms with van der Waals surface area (Å²) < 4.78 is 11.1. The van der Waals surface area contributed by atoms with Crippen molar-refractivity contribution >= 4 is 29.1 Å². The van der Waals surface area contributed by atoms with E-state index in [2.05, 4.69) is 0 Å². The van der Waals surface area contributed by atoms with Crippen molar-refractivity contribution in [3.8, 4) is 11.5 Å². The first kappa shape index (κ1) is 24.6. The second-order valence-corrected chi connectivity index (χ2v) is 8.79. The van der Waals surface area contributed by atoms with Crippen molar-refractivity contribution in [3.63, 3.8) is 0 Å². The summed E-state index contributed by atoms with van der Waals surface area (Å²) in [7, 11) is 5.27. The molecule has 1 aliphatic heterocycles. The van der Waals surface area contributed by atoms with Gasteiger partial charge in [-0.05, 0) is 63.8 Å². The van der Waals surface area contributed by atoms with Crippen LogP contribution in [0.3, 0.4) is 0 Å². The van der Waals surface area contributed by atoms with Crippen molar-refractivity contribution in [1.29, 1.82) is 0 Å². The van der Waals surface area contributed by atoms with Crippen molar-refractivity contribution in [2.24, 2.45) is 0 Å². The zero-order valence-electron chi connectivity index (χ0n) is 19.5. The minimum absolute atomic E-state index is 0.0180. The summed E-state index contributed by atoms with van der Waals surface area (Å²) in [5.41, 5.74) is 0.864. The molecule has 1 saturated heterocycles. The predicted octanol–water partition coefficient (Wildman–Crippen LogP) is 4.12. The predicted molar refractivity (Wildman–Crippen MR) is 128 cm³/mol. The number of hydrogen-bond acceptors (Lipinski definition) is 6. The molecule has 7 nitrogen and oxygen atoms in total. The first-order valence-corrected chi connectivity index (χ1v) is 11.1. The fourth-order valence-corrected chi connectivity index (χ4v) is 3.96. The first-order chi connectivity index (χ1) is 15.6. The smallest absolute Gasteiger partial charge is 0.295 e. The molecule has 1 unspecified atom stereocenters. The number of likely N-dealkylation sites (N-methyl/N-ethyl adjacent to an activating group) is 1. The highest BCUT2D eigenvalue weighted by atomic mass is 35.5. The van der Waals surface area contributed by atoms with Crippen LogP contribution in [0.25, 0.3) is 5.76 Å². The minimum atomic E-state index is -0.789. The van der Waals surface area contributed by atoms with Gasteiger partial charge in [-0.1, -0.05) is 23.7 Å². The number of ether oxygens (including phenoxy) is 2. The molecule has 0 aliphatic carbocycles. The Morgan fingerprint density at radius 2 is 1.88 bits per heavy atom. The van der Waals surface area contributed by atoms with Crippen LogP contribution in [0.4, 0.5) is 0 Å². The van der Waals surface area contributed by atoms with Crippen molar-refractivity contribution in [2.75, 3.05) is 34.3 Å². The van der Waals surface area contributed by atoms with Gasteiger partial charge in [-0.25, -0.2) is 0 Å². The Morgan fingerprint density at radius 3 is 2.52 bits per heavy atom. The Balaban J connectivity index is 2.19. The van der Waals surface area contributed by atoms with Crippen LogP contribution in [-0.2, 0) is 9.59 Å². The van der Waals surface area contributed by atoms with Gasteiger partial charge in [0.1, 0.15) is 17.3 Å². The highest BCUT2D eigenvalue weighted by Crippen LogP contribution is 2.41. The van der Waals surface area contributed by atoms with Crippen molar-refractivity contribution < 1.29 is 24.2 Å². The number of carbonyl (C=O) groups excluding carboxylic acids is 2. The third-order valence-corrected chi connectivity index (χ3v) is 5.63. The molecular weight excluding hydrogens is 444 g/mol. The van der Waals surface area contributed by atoms with Crippen LogP contribution in [0.2, 0.25) is 5.02 Å². The van der Waals surface area contributed by atoms with Crippen LogP contribution in [0.1, 0.15) is 31.0 Å². The normalized spacial score (nSPS) is 17.8. The van der Waals surface area contributed by atoms with E-state index in [4.69, 9.17) is 21.1 Å². The number of carbonyl (C=O) groups is 2. The Bertz CT molecular complexity index is 1080. The topological polar surface area (TPSA) is 79.3 Å². The van der Waals surface area contributed by atoms with Crippen LogP contribution >= 0.6 is 11.6 Å². The summed E-state index contributed by atoms with van der Waals surface area (Å²) in [4.78, 5) is 29.6. The molecular formula is C25H29ClN2O5. The van der Waals surface area contributed by atoms with Gasteiger partial charge in [0, 0.05) is 18.7 Å². The molecule has 0 spiro atoms. The fraction of sp³-hybridized carbons (Fsp3) is 0.360. The molecule has 0 aromatic heterocycles. The molecule has 2 aromatic rings. The van der Waals surface area contributed by atoms with Crippen LogP contribution in [0, 0.1) is 0 Å². The second kappa shape index (κ2) is 10.3. The fourth-order valence-electron chi connectivity index (χ4n) is 3.75. The summed E-state index contributed by atoms with van der Waals surface area (Å²) in [5.74, 6) is -0.695. The van der Waals surface area contributed by atoms with Gasteiger partial charge in [0.2, 0.25) is 0 Å². The van der Waals surface area contributed by atoms with Gasteiger partial charge >= 0.3 is 0 Å². The van der Waals surface area contributed by atoms with Gasteiger partial charge in [0.15, 0.2) is 0 Å². The highest BCUT2D eigenvalue weighted by molar-refractivity contribution is 6.47. The minimum Gasteiger partial charge on any atom is -0.507 e. The van der Waals surface area contributed by atoms with E-state index in [1.165, 1.54) is 12.0 Å². The molecule has 1 atom stereocenters. The van der Waals surface area contributed by atoms with E-state index in [0.29, 0.717) is 30.2 Å². The number of amides is 1. The molecule has 33 heavy (non-hydrogen) atoms.